The van der Waals surface area contributed by atoms with Crippen molar-refractivity contribution >= 4 is 5.91 Å². The van der Waals surface area contributed by atoms with Gasteiger partial charge in [0.25, 0.3) is 11.9 Å². The molecule has 194 valence electrons. The third-order valence-electron chi connectivity index (χ3n) is 7.23. The summed E-state index contributed by atoms with van der Waals surface area (Å²) in [6, 6.07) is 28.2. The molecule has 6 nitrogen and oxygen atoms in total. The maximum absolute atomic E-state index is 13.8. The van der Waals surface area contributed by atoms with Crippen molar-refractivity contribution in [3.8, 4) is 17.2 Å². The molecular formula is C32H28FN5O. The Kier molecular flexibility index (Phi) is 6.95. The van der Waals surface area contributed by atoms with E-state index in [1.54, 1.807) is 35.3 Å². The van der Waals surface area contributed by atoms with Crippen molar-refractivity contribution in [1.82, 2.24) is 24.6 Å². The van der Waals surface area contributed by atoms with Crippen LogP contribution in [0.2, 0.25) is 0 Å². The number of carbonyl (C=O) groups is 1. The van der Waals surface area contributed by atoms with Gasteiger partial charge in [0, 0.05) is 42.5 Å². The number of amides is 1. The van der Waals surface area contributed by atoms with Crippen molar-refractivity contribution < 1.29 is 9.18 Å². The smallest absolute Gasteiger partial charge is 0.254 e. The minimum Gasteiger partial charge on any atom is -0.338 e. The molecule has 3 aromatic carbocycles. The highest BCUT2D eigenvalue weighted by molar-refractivity contribution is 5.96. The summed E-state index contributed by atoms with van der Waals surface area (Å²) in [5.41, 5.74) is 5.41. The van der Waals surface area contributed by atoms with Crippen LogP contribution in [0.1, 0.15) is 45.9 Å². The molecule has 5 aromatic rings. The number of hydrogen-bond acceptors (Lipinski definition) is 4. The first-order valence-corrected chi connectivity index (χ1v) is 13.2. The van der Waals surface area contributed by atoms with E-state index in [4.69, 9.17) is 5.10 Å². The number of benzene rings is 3. The summed E-state index contributed by atoms with van der Waals surface area (Å²) in [5, 5.41) is 4.81. The van der Waals surface area contributed by atoms with Gasteiger partial charge in [0.15, 0.2) is 0 Å². The van der Waals surface area contributed by atoms with Crippen molar-refractivity contribution in [2.24, 2.45) is 0 Å². The maximum atomic E-state index is 13.8. The first-order valence-electron chi connectivity index (χ1n) is 13.2. The van der Waals surface area contributed by atoms with Crippen LogP contribution in [0.15, 0.2) is 103 Å². The quantitative estimate of drug-likeness (QED) is 0.274. The average Bonchev–Trinajstić information content (AvgIpc) is 3.44. The number of halogens is 1. The molecular weight excluding hydrogens is 489 g/mol. The van der Waals surface area contributed by atoms with E-state index in [0.717, 1.165) is 35.2 Å². The van der Waals surface area contributed by atoms with Crippen LogP contribution in [-0.2, 0) is 6.42 Å². The maximum Gasteiger partial charge on any atom is 0.254 e. The number of aromatic nitrogens is 4. The van der Waals surface area contributed by atoms with Crippen molar-refractivity contribution in [3.05, 3.63) is 132 Å². The zero-order valence-corrected chi connectivity index (χ0v) is 21.5. The molecule has 0 radical (unpaired) electrons. The zero-order valence-electron chi connectivity index (χ0n) is 21.5. The van der Waals surface area contributed by atoms with E-state index >= 15 is 0 Å². The van der Waals surface area contributed by atoms with Crippen molar-refractivity contribution in [3.63, 3.8) is 0 Å². The largest absolute Gasteiger partial charge is 0.338 e. The molecule has 0 N–H and O–H groups in total. The van der Waals surface area contributed by atoms with E-state index in [2.05, 4.69) is 22.1 Å². The lowest BCUT2D eigenvalue weighted by atomic mass is 9.92. The van der Waals surface area contributed by atoms with Gasteiger partial charge in [-0.05, 0) is 72.9 Å². The second-order valence-electron chi connectivity index (χ2n) is 9.83. The van der Waals surface area contributed by atoms with Crippen molar-refractivity contribution in [1.29, 1.82) is 0 Å². The van der Waals surface area contributed by atoms with Gasteiger partial charge in [-0.1, -0.05) is 48.5 Å². The summed E-state index contributed by atoms with van der Waals surface area (Å²) in [6.07, 6.45) is 5.87. The van der Waals surface area contributed by atoms with Gasteiger partial charge in [0.2, 0.25) is 0 Å². The first-order chi connectivity index (χ1) is 19.2. The normalized spacial score (nSPS) is 15.3. The molecule has 1 aliphatic rings. The van der Waals surface area contributed by atoms with Crippen LogP contribution in [-0.4, -0.2) is 43.6 Å². The standard InChI is InChI=1S/C32H28FN5O/c33-27-15-13-24(14-16-27)29-21-30(38(36-29)32-34-17-7-18-35-32)26-11-6-19-37(22-26)31(39)28-12-5-4-10-25(28)20-23-8-2-1-3-9-23/h1-5,7-10,12-18,21,26H,6,11,19-20,22H2. The van der Waals surface area contributed by atoms with Crippen molar-refractivity contribution in [2.45, 2.75) is 25.2 Å². The van der Waals surface area contributed by atoms with Gasteiger partial charge >= 0.3 is 0 Å². The molecule has 39 heavy (non-hydrogen) atoms. The molecule has 7 heteroatoms. The number of piperidine rings is 1. The Hall–Kier alpha value is -4.65. The Morgan fingerprint density at radius 3 is 2.44 bits per heavy atom. The molecule has 0 spiro atoms. The van der Waals surface area contributed by atoms with E-state index in [-0.39, 0.29) is 17.6 Å². The third kappa shape index (κ3) is 5.34. The fourth-order valence-electron chi connectivity index (χ4n) is 5.28. The summed E-state index contributed by atoms with van der Waals surface area (Å²) < 4.78 is 15.3. The second-order valence-corrected chi connectivity index (χ2v) is 9.83. The van der Waals surface area contributed by atoms with Crippen LogP contribution in [0.3, 0.4) is 0 Å². The third-order valence-corrected chi connectivity index (χ3v) is 7.23. The molecule has 2 aromatic heterocycles. The SMILES string of the molecule is O=C(c1ccccc1Cc1ccccc1)N1CCCC(c2cc(-c3ccc(F)cc3)nn2-c2ncccn2)C1. The summed E-state index contributed by atoms with van der Waals surface area (Å²) >= 11 is 0. The molecule has 1 amide bonds. The molecule has 6 rings (SSSR count). The van der Waals surface area contributed by atoms with Crippen LogP contribution in [0.4, 0.5) is 4.39 Å². The van der Waals surface area contributed by atoms with Gasteiger partial charge in [-0.2, -0.15) is 5.10 Å². The molecule has 3 heterocycles. The average molecular weight is 518 g/mol. The minimum absolute atomic E-state index is 0.0482. The monoisotopic (exact) mass is 517 g/mol. The van der Waals surface area contributed by atoms with Crippen LogP contribution in [0.5, 0.6) is 0 Å². The van der Waals surface area contributed by atoms with E-state index in [1.807, 2.05) is 53.4 Å². The Morgan fingerprint density at radius 2 is 1.64 bits per heavy atom. The number of carbonyl (C=O) groups excluding carboxylic acids is 1. The fourth-order valence-corrected chi connectivity index (χ4v) is 5.28. The molecule has 1 atom stereocenters. The second kappa shape index (κ2) is 11.0. The Bertz CT molecular complexity index is 1570. The molecule has 1 fully saturated rings. The Balaban J connectivity index is 1.30. The predicted octanol–water partition coefficient (Wildman–Crippen LogP) is 6.08. The zero-order chi connectivity index (χ0) is 26.6. The summed E-state index contributed by atoms with van der Waals surface area (Å²) in [4.78, 5) is 24.7. The predicted molar refractivity (Wildman–Crippen MR) is 148 cm³/mol. The van der Waals surface area contributed by atoms with E-state index in [0.29, 0.717) is 31.2 Å². The van der Waals surface area contributed by atoms with E-state index < -0.39 is 0 Å². The Labute approximate surface area is 226 Å². The number of hydrogen-bond donors (Lipinski definition) is 0. The summed E-state index contributed by atoms with van der Waals surface area (Å²) in [5.74, 6) is 0.276. The highest BCUT2D eigenvalue weighted by Crippen LogP contribution is 2.32. The lowest BCUT2D eigenvalue weighted by molar-refractivity contribution is 0.0704. The van der Waals surface area contributed by atoms with Gasteiger partial charge in [-0.15, -0.1) is 0 Å². The molecule has 1 saturated heterocycles. The molecule has 0 saturated carbocycles. The fraction of sp³-hybridized carbons (Fsp3) is 0.188. The van der Waals surface area contributed by atoms with Crippen LogP contribution in [0.25, 0.3) is 17.2 Å². The lowest BCUT2D eigenvalue weighted by Crippen LogP contribution is -2.40. The lowest BCUT2D eigenvalue weighted by Gasteiger charge is -2.33. The first kappa shape index (κ1) is 24.7. The van der Waals surface area contributed by atoms with E-state index in [1.165, 1.54) is 17.7 Å². The van der Waals surface area contributed by atoms with Crippen LogP contribution in [0, 0.1) is 5.82 Å². The van der Waals surface area contributed by atoms with E-state index in [9.17, 15) is 9.18 Å². The molecule has 0 bridgehead atoms. The number of likely N-dealkylation sites (tertiary alicyclic amines) is 1. The molecule has 0 aliphatic carbocycles. The number of nitrogens with zero attached hydrogens (tertiary/aromatic N) is 5. The van der Waals surface area contributed by atoms with Gasteiger partial charge < -0.3 is 4.90 Å². The van der Waals surface area contributed by atoms with Gasteiger partial charge in [0.05, 0.1) is 11.4 Å². The topological polar surface area (TPSA) is 63.9 Å². The summed E-state index contributed by atoms with van der Waals surface area (Å²) in [6.45, 7) is 1.27. The Morgan fingerprint density at radius 1 is 0.897 bits per heavy atom. The number of rotatable bonds is 6. The van der Waals surface area contributed by atoms with Crippen LogP contribution >= 0.6 is 0 Å². The van der Waals surface area contributed by atoms with Gasteiger partial charge in [-0.3, -0.25) is 4.79 Å². The van der Waals surface area contributed by atoms with Gasteiger partial charge in [-0.25, -0.2) is 19.0 Å². The van der Waals surface area contributed by atoms with Gasteiger partial charge in [0.1, 0.15) is 5.82 Å². The highest BCUT2D eigenvalue weighted by Gasteiger charge is 2.30. The van der Waals surface area contributed by atoms with Crippen LogP contribution < -0.4 is 0 Å². The minimum atomic E-state index is -0.293. The molecule has 1 unspecified atom stereocenters. The summed E-state index contributed by atoms with van der Waals surface area (Å²) in [7, 11) is 0. The highest BCUT2D eigenvalue weighted by atomic mass is 19.1. The molecule has 1 aliphatic heterocycles. The van der Waals surface area contributed by atoms with Crippen molar-refractivity contribution in [2.75, 3.05) is 13.1 Å².